The van der Waals surface area contributed by atoms with Crippen LogP contribution in [0, 0.1) is 0 Å². The third-order valence-corrected chi connectivity index (χ3v) is 11.0. The smallest absolute Gasteiger partial charge is 0.160 e. The van der Waals surface area contributed by atoms with E-state index < -0.39 is 0 Å². The zero-order valence-corrected chi connectivity index (χ0v) is 29.9. The molecule has 256 valence electrons. The van der Waals surface area contributed by atoms with Gasteiger partial charge in [-0.2, -0.15) is 0 Å². The fourth-order valence-corrected chi connectivity index (χ4v) is 8.42. The van der Waals surface area contributed by atoms with Gasteiger partial charge in [0.2, 0.25) is 0 Å². The molecule has 0 radical (unpaired) electrons. The summed E-state index contributed by atoms with van der Waals surface area (Å²) in [4.78, 5) is 10.3. The summed E-state index contributed by atoms with van der Waals surface area (Å²) in [7, 11) is 0. The van der Waals surface area contributed by atoms with Crippen LogP contribution in [0.2, 0.25) is 0 Å². The molecule has 0 saturated carbocycles. The Bertz CT molecular complexity index is 3200. The van der Waals surface area contributed by atoms with E-state index in [0.717, 1.165) is 33.8 Å². The van der Waals surface area contributed by atoms with Crippen LogP contribution < -0.4 is 0 Å². The van der Waals surface area contributed by atoms with Crippen molar-refractivity contribution in [1.82, 2.24) is 14.5 Å². The Labute approximate surface area is 318 Å². The minimum Gasteiger partial charge on any atom is -0.309 e. The number of benzene rings is 9. The van der Waals surface area contributed by atoms with E-state index >= 15 is 0 Å². The summed E-state index contributed by atoms with van der Waals surface area (Å²) in [6, 6.07) is 71.4. The molecule has 9 aromatic carbocycles. The summed E-state index contributed by atoms with van der Waals surface area (Å²) >= 11 is 0. The van der Waals surface area contributed by atoms with Crippen molar-refractivity contribution in [1.29, 1.82) is 0 Å². The molecule has 11 aromatic rings. The molecule has 3 nitrogen and oxygen atoms in total. The fraction of sp³-hybridized carbons (Fsp3) is 0. The zero-order chi connectivity index (χ0) is 36.3. The first-order chi connectivity index (χ1) is 27.3. The Kier molecular flexibility index (Phi) is 7.17. The molecule has 0 spiro atoms. The van der Waals surface area contributed by atoms with Gasteiger partial charge in [-0.15, -0.1) is 0 Å². The van der Waals surface area contributed by atoms with Gasteiger partial charge in [0.1, 0.15) is 0 Å². The Morgan fingerprint density at radius 2 is 0.800 bits per heavy atom. The van der Waals surface area contributed by atoms with Gasteiger partial charge in [0, 0.05) is 38.5 Å². The van der Waals surface area contributed by atoms with Gasteiger partial charge in [-0.1, -0.05) is 170 Å². The number of aromatic nitrogens is 3. The third kappa shape index (κ3) is 5.13. The second-order valence-electron chi connectivity index (χ2n) is 14.1. The van der Waals surface area contributed by atoms with Crippen molar-refractivity contribution in [2.24, 2.45) is 0 Å². The van der Waals surface area contributed by atoms with E-state index in [1.807, 2.05) is 24.3 Å². The maximum absolute atomic E-state index is 5.21. The SMILES string of the molecule is c1ccc(-c2ccc(-c3cc(-c4ccc5c(c4)c4ccccc4c4c5ccc5c6ccccc6n(-c6ccccc6)c54)nc(-c4ccccc4)n3)cc2)cc1. The van der Waals surface area contributed by atoms with Crippen LogP contribution >= 0.6 is 0 Å². The van der Waals surface area contributed by atoms with Crippen LogP contribution in [0.3, 0.4) is 0 Å². The molecule has 55 heavy (non-hydrogen) atoms. The molecule has 0 atom stereocenters. The highest BCUT2D eigenvalue weighted by Crippen LogP contribution is 2.44. The summed E-state index contributed by atoms with van der Waals surface area (Å²) in [6.45, 7) is 0. The van der Waals surface area contributed by atoms with E-state index in [9.17, 15) is 0 Å². The molecule has 0 aliphatic heterocycles. The number of hydrogen-bond acceptors (Lipinski definition) is 2. The largest absolute Gasteiger partial charge is 0.309 e. The van der Waals surface area contributed by atoms with Crippen LogP contribution in [0.5, 0.6) is 0 Å². The third-order valence-electron chi connectivity index (χ3n) is 11.0. The number of para-hydroxylation sites is 2. The molecule has 0 unspecified atom stereocenters. The highest BCUT2D eigenvalue weighted by atomic mass is 15.0. The van der Waals surface area contributed by atoms with E-state index in [2.05, 4.69) is 180 Å². The van der Waals surface area contributed by atoms with Crippen molar-refractivity contribution in [3.05, 3.63) is 200 Å². The van der Waals surface area contributed by atoms with Crippen LogP contribution in [0.15, 0.2) is 200 Å². The summed E-state index contributed by atoms with van der Waals surface area (Å²) in [5, 5.41) is 9.90. The van der Waals surface area contributed by atoms with E-state index in [-0.39, 0.29) is 0 Å². The van der Waals surface area contributed by atoms with Crippen LogP contribution in [0.1, 0.15) is 0 Å². The van der Waals surface area contributed by atoms with Crippen LogP contribution in [0.25, 0.3) is 105 Å². The minimum atomic E-state index is 0.708. The normalized spacial score (nSPS) is 11.6. The van der Waals surface area contributed by atoms with Gasteiger partial charge in [-0.25, -0.2) is 9.97 Å². The molecule has 0 bridgehead atoms. The van der Waals surface area contributed by atoms with E-state index in [1.165, 1.54) is 65.3 Å². The van der Waals surface area contributed by atoms with Crippen molar-refractivity contribution in [2.45, 2.75) is 0 Å². The highest BCUT2D eigenvalue weighted by Gasteiger charge is 2.19. The van der Waals surface area contributed by atoms with Gasteiger partial charge < -0.3 is 4.57 Å². The standard InChI is InChI=1S/C52H33N3/c1-4-14-34(15-5-1)35-24-26-36(27-25-35)47-33-48(54-52(53-47)37-16-6-2-7-17-37)38-28-29-41-44-30-31-45-42-21-12-13-23-49(42)55(39-18-8-3-9-19-39)51(45)50(44)43-22-11-10-20-40(43)46(41)32-38/h1-33H. The molecule has 0 amide bonds. The van der Waals surface area contributed by atoms with Gasteiger partial charge in [0.25, 0.3) is 0 Å². The number of hydrogen-bond donors (Lipinski definition) is 0. The van der Waals surface area contributed by atoms with Crippen molar-refractivity contribution in [3.8, 4) is 50.7 Å². The molecule has 0 aliphatic carbocycles. The minimum absolute atomic E-state index is 0.708. The van der Waals surface area contributed by atoms with E-state index in [1.54, 1.807) is 0 Å². The average molecular weight is 700 g/mol. The summed E-state index contributed by atoms with van der Waals surface area (Å²) in [6.07, 6.45) is 0. The lowest BCUT2D eigenvalue weighted by atomic mass is 9.91. The molecule has 0 N–H and O–H groups in total. The second kappa shape index (κ2) is 12.6. The Balaban J connectivity index is 1.14. The molecule has 3 heteroatoms. The number of fused-ring (bicyclic) bond motifs is 10. The summed E-state index contributed by atoms with van der Waals surface area (Å²) in [5.41, 5.74) is 10.8. The van der Waals surface area contributed by atoms with E-state index in [0.29, 0.717) is 5.82 Å². The second-order valence-corrected chi connectivity index (χ2v) is 14.1. The molecule has 11 rings (SSSR count). The lowest BCUT2D eigenvalue weighted by molar-refractivity contribution is 1.18. The number of rotatable bonds is 5. The van der Waals surface area contributed by atoms with Gasteiger partial charge in [-0.3, -0.25) is 0 Å². The Morgan fingerprint density at radius 1 is 0.309 bits per heavy atom. The molecule has 0 saturated heterocycles. The fourth-order valence-electron chi connectivity index (χ4n) is 8.42. The maximum atomic E-state index is 5.21. The van der Waals surface area contributed by atoms with Gasteiger partial charge in [0.15, 0.2) is 5.82 Å². The van der Waals surface area contributed by atoms with Crippen LogP contribution in [0.4, 0.5) is 0 Å². The van der Waals surface area contributed by atoms with Crippen molar-refractivity contribution in [3.63, 3.8) is 0 Å². The summed E-state index contributed by atoms with van der Waals surface area (Å²) in [5.74, 6) is 0.708. The number of nitrogens with zero attached hydrogens (tertiary/aromatic N) is 3. The topological polar surface area (TPSA) is 30.7 Å². The first kappa shape index (κ1) is 31.2. The maximum Gasteiger partial charge on any atom is 0.160 e. The van der Waals surface area contributed by atoms with Gasteiger partial charge >= 0.3 is 0 Å². The molecule has 2 heterocycles. The summed E-state index contributed by atoms with van der Waals surface area (Å²) < 4.78 is 2.44. The van der Waals surface area contributed by atoms with Gasteiger partial charge in [0.05, 0.1) is 22.4 Å². The van der Waals surface area contributed by atoms with Crippen molar-refractivity contribution >= 4 is 54.1 Å². The first-order valence-electron chi connectivity index (χ1n) is 18.7. The predicted molar refractivity (Wildman–Crippen MR) is 231 cm³/mol. The van der Waals surface area contributed by atoms with Crippen LogP contribution in [-0.2, 0) is 0 Å². The molecule has 0 aliphatic rings. The Hall–Kier alpha value is -7.36. The first-order valence-corrected chi connectivity index (χ1v) is 18.7. The van der Waals surface area contributed by atoms with Crippen molar-refractivity contribution < 1.29 is 0 Å². The van der Waals surface area contributed by atoms with E-state index in [4.69, 9.17) is 9.97 Å². The lowest BCUT2D eigenvalue weighted by Gasteiger charge is -2.15. The molecular formula is C52H33N3. The van der Waals surface area contributed by atoms with Gasteiger partial charge in [-0.05, 0) is 68.4 Å². The van der Waals surface area contributed by atoms with Crippen LogP contribution in [-0.4, -0.2) is 14.5 Å². The lowest BCUT2D eigenvalue weighted by Crippen LogP contribution is -1.96. The predicted octanol–water partition coefficient (Wildman–Crippen LogP) is 13.7. The highest BCUT2D eigenvalue weighted by molar-refractivity contribution is 6.33. The van der Waals surface area contributed by atoms with Crippen molar-refractivity contribution in [2.75, 3.05) is 0 Å². The monoisotopic (exact) mass is 699 g/mol. The zero-order valence-electron chi connectivity index (χ0n) is 29.9. The average Bonchev–Trinajstić information content (AvgIpc) is 3.61. The quantitative estimate of drug-likeness (QED) is 0.167. The molecule has 0 fully saturated rings. The Morgan fingerprint density at radius 3 is 1.55 bits per heavy atom. The molecular weight excluding hydrogens is 667 g/mol. The molecule has 2 aromatic heterocycles.